The van der Waals surface area contributed by atoms with Gasteiger partial charge in [0, 0.05) is 65.0 Å². The quantitative estimate of drug-likeness (QED) is 0.0765. The van der Waals surface area contributed by atoms with Gasteiger partial charge in [-0.15, -0.1) is 0 Å². The number of benzene rings is 3. The van der Waals surface area contributed by atoms with E-state index in [-0.39, 0.29) is 25.9 Å². The highest BCUT2D eigenvalue weighted by Gasteiger charge is 2.21. The number of fused-ring (bicyclic) bond motifs is 1. The predicted molar refractivity (Wildman–Crippen MR) is 205 cm³/mol. The highest BCUT2D eigenvalue weighted by atomic mass is 79.9. The van der Waals surface area contributed by atoms with Crippen LogP contribution in [0.4, 0.5) is 0 Å². The maximum atomic E-state index is 11.5. The number of carboxylic acids is 1. The van der Waals surface area contributed by atoms with Crippen molar-refractivity contribution in [1.82, 2.24) is 25.0 Å². The average Bonchev–Trinajstić information content (AvgIpc) is 3.78. The van der Waals surface area contributed by atoms with Crippen molar-refractivity contribution in [2.24, 2.45) is 0 Å². The van der Waals surface area contributed by atoms with E-state index in [1.54, 1.807) is 31.6 Å². The van der Waals surface area contributed by atoms with Crippen LogP contribution >= 0.6 is 27.5 Å². The number of pyridine rings is 1. The van der Waals surface area contributed by atoms with E-state index in [1.807, 2.05) is 24.4 Å². The fourth-order valence-corrected chi connectivity index (χ4v) is 7.25. The molecule has 0 aliphatic carbocycles. The summed E-state index contributed by atoms with van der Waals surface area (Å²) in [6.07, 6.45) is 7.91. The fraction of sp³-hybridized carbons (Fsp3) is 0.359. The second-order valence-electron chi connectivity index (χ2n) is 13.0. The van der Waals surface area contributed by atoms with E-state index in [0.717, 1.165) is 83.1 Å². The number of hydrogen-bond donors (Lipinski definition) is 4. The van der Waals surface area contributed by atoms with Crippen LogP contribution in [-0.2, 0) is 31.1 Å². The lowest BCUT2D eigenvalue weighted by Crippen LogP contribution is -2.39. The number of aliphatic hydroxyl groups excluding tert-OH is 2. The van der Waals surface area contributed by atoms with E-state index in [2.05, 4.69) is 60.1 Å². The first kappa shape index (κ1) is 38.5. The van der Waals surface area contributed by atoms with Gasteiger partial charge in [0.2, 0.25) is 0 Å². The maximum absolute atomic E-state index is 11.5. The number of halogens is 2. The zero-order chi connectivity index (χ0) is 37.3. The molecule has 4 N–H and O–H groups in total. The van der Waals surface area contributed by atoms with Gasteiger partial charge in [-0.25, -0.2) is 0 Å². The summed E-state index contributed by atoms with van der Waals surface area (Å²) in [6, 6.07) is 16.3. The molecule has 0 unspecified atom stereocenters. The molecular weight excluding hydrogens is 766 g/mol. The number of carbonyl (C=O) groups is 1. The molecule has 0 radical (unpaired) electrons. The molecule has 3 aromatic carbocycles. The number of hydrogen-bond acceptors (Lipinski definition) is 10. The van der Waals surface area contributed by atoms with Gasteiger partial charge in [-0.2, -0.15) is 5.10 Å². The Morgan fingerprint density at radius 1 is 1.02 bits per heavy atom. The van der Waals surface area contributed by atoms with Crippen molar-refractivity contribution in [2.45, 2.75) is 57.7 Å². The summed E-state index contributed by atoms with van der Waals surface area (Å²) in [5, 5.41) is 37.7. The minimum absolute atomic E-state index is 0.0720. The molecule has 2 aromatic heterocycles. The second kappa shape index (κ2) is 18.2. The summed E-state index contributed by atoms with van der Waals surface area (Å²) >= 11 is 10.6. The number of nitrogens with zero attached hydrogens (tertiary/aromatic N) is 4. The van der Waals surface area contributed by atoms with Crippen molar-refractivity contribution < 1.29 is 34.3 Å². The number of aryl methyl sites for hydroxylation is 1. The van der Waals surface area contributed by atoms with Crippen LogP contribution in [0.1, 0.15) is 36.0 Å². The van der Waals surface area contributed by atoms with Crippen LogP contribution in [0.2, 0.25) is 5.02 Å². The van der Waals surface area contributed by atoms with Gasteiger partial charge < -0.3 is 34.4 Å². The van der Waals surface area contributed by atoms with Crippen molar-refractivity contribution in [2.75, 3.05) is 33.4 Å². The number of rotatable bonds is 18. The molecule has 2 atom stereocenters. The van der Waals surface area contributed by atoms with Crippen LogP contribution in [0.25, 0.3) is 22.0 Å². The van der Waals surface area contributed by atoms with Crippen molar-refractivity contribution >= 4 is 44.4 Å². The molecule has 1 aliphatic heterocycles. The van der Waals surface area contributed by atoms with E-state index >= 15 is 0 Å². The third-order valence-electron chi connectivity index (χ3n) is 9.32. The van der Waals surface area contributed by atoms with E-state index < -0.39 is 18.6 Å². The molecule has 0 spiro atoms. The zero-order valence-corrected chi connectivity index (χ0v) is 31.7. The molecule has 0 amide bonds. The van der Waals surface area contributed by atoms with Gasteiger partial charge in [-0.3, -0.25) is 19.8 Å². The van der Waals surface area contributed by atoms with Gasteiger partial charge >= 0.3 is 5.97 Å². The lowest BCUT2D eigenvalue weighted by Gasteiger charge is -2.18. The zero-order valence-electron chi connectivity index (χ0n) is 29.4. The highest BCUT2D eigenvalue weighted by molar-refractivity contribution is 9.10. The monoisotopic (exact) mass is 807 g/mol. The van der Waals surface area contributed by atoms with Crippen LogP contribution in [0.15, 0.2) is 77.7 Å². The first-order valence-corrected chi connectivity index (χ1v) is 18.7. The molecule has 0 bridgehead atoms. The first-order chi connectivity index (χ1) is 25.7. The van der Waals surface area contributed by atoms with Crippen LogP contribution < -0.4 is 19.5 Å². The summed E-state index contributed by atoms with van der Waals surface area (Å²) in [4.78, 5) is 18.0. The Kier molecular flexibility index (Phi) is 13.2. The molecule has 3 heterocycles. The van der Waals surface area contributed by atoms with Gasteiger partial charge in [0.05, 0.1) is 42.8 Å². The number of β-amino-alcohol motifs (C(OH)–C–C–N with tert-alkyl or cyclic N) is 1. The molecule has 5 aromatic rings. The van der Waals surface area contributed by atoms with E-state index in [4.69, 9.17) is 30.9 Å². The normalized spacial score (nSPS) is 15.2. The largest absolute Gasteiger partial charge is 0.495 e. The molecular formula is C39H43BrClN5O7. The number of methoxy groups -OCH3 is 1. The van der Waals surface area contributed by atoms with Crippen molar-refractivity contribution in [3.05, 3.63) is 99.4 Å². The topological polar surface area (TPSA) is 151 Å². The summed E-state index contributed by atoms with van der Waals surface area (Å²) in [5.41, 5.74) is 5.37. The standard InChI is InChI=1S/C39H43BrClN5O7/c1-51-29-14-25(17-42-19-29)23-52-36-16-37(33(41)15-27(36)18-43-34(22-47)39(49)50)53-24-26-6-4-8-31(38(26)40)30-7-5-9-35-32(30)20-44-46(35)12-3-2-11-45-13-10-28(48)21-45/h4-9,14-17,19-20,28,34,43,47-48H,2-3,10-13,18,21-24H2,1H3,(H,49,50)/t28-,34+/m1/s1. The Balaban J connectivity index is 1.18. The Morgan fingerprint density at radius 3 is 2.58 bits per heavy atom. The van der Waals surface area contributed by atoms with Crippen LogP contribution in [0.3, 0.4) is 0 Å². The molecule has 6 rings (SSSR count). The Bertz CT molecular complexity index is 2030. The highest BCUT2D eigenvalue weighted by Crippen LogP contribution is 2.38. The Labute approximate surface area is 321 Å². The number of aliphatic hydroxyl groups is 2. The maximum Gasteiger partial charge on any atom is 0.323 e. The summed E-state index contributed by atoms with van der Waals surface area (Å²) in [5.74, 6) is 0.220. The minimum Gasteiger partial charge on any atom is -0.495 e. The molecule has 12 nitrogen and oxygen atoms in total. The number of aliphatic carboxylic acids is 1. The van der Waals surface area contributed by atoms with Crippen molar-refractivity contribution in [3.63, 3.8) is 0 Å². The summed E-state index contributed by atoms with van der Waals surface area (Å²) < 4.78 is 20.7. The van der Waals surface area contributed by atoms with Gasteiger partial charge in [0.1, 0.15) is 36.5 Å². The number of nitrogens with one attached hydrogen (secondary N) is 1. The Morgan fingerprint density at radius 2 is 1.81 bits per heavy atom. The third-order valence-corrected chi connectivity index (χ3v) is 10.5. The van der Waals surface area contributed by atoms with Crippen LogP contribution in [0, 0.1) is 0 Å². The molecule has 1 saturated heterocycles. The molecule has 1 aliphatic rings. The average molecular weight is 809 g/mol. The second-order valence-corrected chi connectivity index (χ2v) is 14.2. The fourth-order valence-electron chi connectivity index (χ4n) is 6.42. The first-order valence-electron chi connectivity index (χ1n) is 17.5. The van der Waals surface area contributed by atoms with Gasteiger partial charge in [-0.1, -0.05) is 41.9 Å². The Hall–Kier alpha value is -4.24. The lowest BCUT2D eigenvalue weighted by molar-refractivity contribution is -0.140. The number of carboxylic acid groups (broad SMARTS) is 1. The molecule has 53 heavy (non-hydrogen) atoms. The van der Waals surface area contributed by atoms with E-state index in [0.29, 0.717) is 27.8 Å². The van der Waals surface area contributed by atoms with Gasteiger partial charge in [-0.05, 0) is 71.1 Å². The summed E-state index contributed by atoms with van der Waals surface area (Å²) in [7, 11) is 1.56. The molecule has 14 heteroatoms. The van der Waals surface area contributed by atoms with E-state index in [9.17, 15) is 20.1 Å². The summed E-state index contributed by atoms with van der Waals surface area (Å²) in [6.45, 7) is 3.38. The number of aromatic nitrogens is 3. The van der Waals surface area contributed by atoms with E-state index in [1.165, 1.54) is 0 Å². The molecule has 0 saturated carbocycles. The SMILES string of the molecule is COc1cncc(COc2cc(OCc3cccc(-c4cccc5c4cnn5CCCCN4CC[C@@H](O)C4)c3Br)c(Cl)cc2CN[C@@H](CO)C(=O)O)c1. The van der Waals surface area contributed by atoms with Crippen molar-refractivity contribution in [1.29, 1.82) is 0 Å². The number of unbranched alkanes of at least 4 members (excludes halogenated alkanes) is 1. The number of ether oxygens (including phenoxy) is 3. The lowest BCUT2D eigenvalue weighted by atomic mass is 10.00. The third kappa shape index (κ3) is 9.66. The minimum atomic E-state index is -1.17. The predicted octanol–water partition coefficient (Wildman–Crippen LogP) is 6.06. The molecule has 280 valence electrons. The van der Waals surface area contributed by atoms with Crippen LogP contribution in [0.5, 0.6) is 17.2 Å². The van der Waals surface area contributed by atoms with Gasteiger partial charge in [0.15, 0.2) is 0 Å². The van der Waals surface area contributed by atoms with Crippen molar-refractivity contribution in [3.8, 4) is 28.4 Å². The van der Waals surface area contributed by atoms with Gasteiger partial charge in [0.25, 0.3) is 0 Å². The number of likely N-dealkylation sites (tertiary alicyclic amines) is 1. The van der Waals surface area contributed by atoms with Crippen LogP contribution in [-0.4, -0.2) is 86.5 Å². The smallest absolute Gasteiger partial charge is 0.323 e. The molecule has 1 fully saturated rings.